The Hall–Kier alpha value is -2.56. The molecule has 5 nitrogen and oxygen atoms in total. The predicted molar refractivity (Wildman–Crippen MR) is 104 cm³/mol. The van der Waals surface area contributed by atoms with Gasteiger partial charge in [0.2, 0.25) is 0 Å². The molecule has 1 atom stereocenters. The molecule has 2 N–H and O–H groups in total. The quantitative estimate of drug-likeness (QED) is 0.426. The summed E-state index contributed by atoms with van der Waals surface area (Å²) in [6.45, 7) is 4.34. The lowest BCUT2D eigenvalue weighted by Gasteiger charge is -2.19. The van der Waals surface area contributed by atoms with Gasteiger partial charge in [0.1, 0.15) is 16.7 Å². The SMILES string of the molecule is CCCCCC(CCC)c1ccc(-n2nc3ccccc3n2)c(O)c1O. The third-order valence-corrected chi connectivity index (χ3v) is 4.90. The zero-order valence-electron chi connectivity index (χ0n) is 15.5. The predicted octanol–water partition coefficient (Wildman–Crippen LogP) is 5.30. The summed E-state index contributed by atoms with van der Waals surface area (Å²) in [7, 11) is 0. The highest BCUT2D eigenvalue weighted by atomic mass is 16.3. The first-order valence-corrected chi connectivity index (χ1v) is 9.53. The van der Waals surface area contributed by atoms with E-state index in [-0.39, 0.29) is 17.4 Å². The minimum Gasteiger partial charge on any atom is -0.504 e. The van der Waals surface area contributed by atoms with Crippen LogP contribution in [0.25, 0.3) is 16.7 Å². The molecule has 3 aromatic rings. The fraction of sp³-hybridized carbons (Fsp3) is 0.429. The van der Waals surface area contributed by atoms with Gasteiger partial charge in [-0.25, -0.2) is 0 Å². The molecule has 0 aliphatic heterocycles. The van der Waals surface area contributed by atoms with Crippen LogP contribution in [0.4, 0.5) is 0 Å². The monoisotopic (exact) mass is 353 g/mol. The zero-order valence-corrected chi connectivity index (χ0v) is 15.5. The third-order valence-electron chi connectivity index (χ3n) is 4.90. The topological polar surface area (TPSA) is 71.2 Å². The smallest absolute Gasteiger partial charge is 0.185 e. The summed E-state index contributed by atoms with van der Waals surface area (Å²) in [6.07, 6.45) is 6.57. The van der Waals surface area contributed by atoms with E-state index < -0.39 is 0 Å². The molecule has 138 valence electrons. The molecule has 2 aromatic carbocycles. The van der Waals surface area contributed by atoms with Crippen LogP contribution in [0.15, 0.2) is 36.4 Å². The van der Waals surface area contributed by atoms with Crippen molar-refractivity contribution in [2.75, 3.05) is 0 Å². The van der Waals surface area contributed by atoms with E-state index in [1.165, 1.54) is 17.6 Å². The van der Waals surface area contributed by atoms with Crippen molar-refractivity contribution in [1.29, 1.82) is 0 Å². The van der Waals surface area contributed by atoms with Crippen molar-refractivity contribution in [1.82, 2.24) is 15.0 Å². The first-order chi connectivity index (χ1) is 12.7. The minimum atomic E-state index is -0.153. The van der Waals surface area contributed by atoms with Gasteiger partial charge in [-0.3, -0.25) is 0 Å². The molecule has 5 heteroatoms. The molecule has 0 aliphatic carbocycles. The fourth-order valence-electron chi connectivity index (χ4n) is 3.49. The molecular formula is C21H27N3O2. The number of aromatic nitrogens is 3. The first-order valence-electron chi connectivity index (χ1n) is 9.53. The molecule has 0 saturated carbocycles. The molecule has 0 radical (unpaired) electrons. The fourth-order valence-corrected chi connectivity index (χ4v) is 3.49. The first kappa shape index (κ1) is 18.2. The Balaban J connectivity index is 1.94. The average Bonchev–Trinajstić information content (AvgIpc) is 3.07. The molecule has 0 aliphatic rings. The number of benzene rings is 2. The van der Waals surface area contributed by atoms with E-state index in [4.69, 9.17) is 0 Å². The van der Waals surface area contributed by atoms with Crippen LogP contribution in [0, 0.1) is 0 Å². The van der Waals surface area contributed by atoms with Crippen molar-refractivity contribution < 1.29 is 10.2 Å². The molecule has 0 bridgehead atoms. The van der Waals surface area contributed by atoms with Crippen LogP contribution in [0.2, 0.25) is 0 Å². The molecule has 0 spiro atoms. The molecule has 3 rings (SSSR count). The Morgan fingerprint density at radius 2 is 1.54 bits per heavy atom. The van der Waals surface area contributed by atoms with Crippen LogP contribution >= 0.6 is 0 Å². The summed E-state index contributed by atoms with van der Waals surface area (Å²) in [5, 5.41) is 30.0. The Labute approximate surface area is 154 Å². The highest BCUT2D eigenvalue weighted by Gasteiger charge is 2.20. The van der Waals surface area contributed by atoms with Gasteiger partial charge >= 0.3 is 0 Å². The maximum Gasteiger partial charge on any atom is 0.185 e. The van der Waals surface area contributed by atoms with Crippen molar-refractivity contribution >= 4 is 11.0 Å². The lowest BCUT2D eigenvalue weighted by molar-refractivity contribution is 0.387. The molecule has 1 unspecified atom stereocenters. The summed E-state index contributed by atoms with van der Waals surface area (Å²) in [4.78, 5) is 1.38. The van der Waals surface area contributed by atoms with Crippen LogP contribution in [0.3, 0.4) is 0 Å². The van der Waals surface area contributed by atoms with Crippen molar-refractivity contribution in [3.05, 3.63) is 42.0 Å². The van der Waals surface area contributed by atoms with Gasteiger partial charge in [-0.1, -0.05) is 57.7 Å². The highest BCUT2D eigenvalue weighted by molar-refractivity contribution is 5.74. The average molecular weight is 353 g/mol. The van der Waals surface area contributed by atoms with E-state index in [1.54, 1.807) is 6.07 Å². The van der Waals surface area contributed by atoms with Crippen molar-refractivity contribution in [3.8, 4) is 17.2 Å². The lowest BCUT2D eigenvalue weighted by atomic mass is 9.88. The molecule has 1 aromatic heterocycles. The Kier molecular flexibility index (Phi) is 5.76. The number of hydrogen-bond donors (Lipinski definition) is 2. The van der Waals surface area contributed by atoms with Gasteiger partial charge in [-0.05, 0) is 37.0 Å². The summed E-state index contributed by atoms with van der Waals surface area (Å²) in [5.74, 6) is 0.0642. The summed E-state index contributed by atoms with van der Waals surface area (Å²) >= 11 is 0. The van der Waals surface area contributed by atoms with Crippen LogP contribution in [-0.2, 0) is 0 Å². The second-order valence-corrected chi connectivity index (χ2v) is 6.83. The summed E-state index contributed by atoms with van der Waals surface area (Å²) in [5.41, 5.74) is 2.71. The number of rotatable bonds is 8. The molecule has 1 heterocycles. The van der Waals surface area contributed by atoms with E-state index in [1.807, 2.05) is 30.3 Å². The molecule has 0 saturated heterocycles. The molecule has 0 fully saturated rings. The number of hydrogen-bond acceptors (Lipinski definition) is 4. The number of nitrogens with zero attached hydrogens (tertiary/aromatic N) is 3. The maximum absolute atomic E-state index is 10.6. The van der Waals surface area contributed by atoms with E-state index in [0.29, 0.717) is 5.69 Å². The minimum absolute atomic E-state index is 0.0428. The number of fused-ring (bicyclic) bond motifs is 1. The van der Waals surface area contributed by atoms with Gasteiger partial charge in [0.15, 0.2) is 11.5 Å². The second kappa shape index (κ2) is 8.21. The molecular weight excluding hydrogens is 326 g/mol. The largest absolute Gasteiger partial charge is 0.504 e. The van der Waals surface area contributed by atoms with E-state index in [2.05, 4.69) is 24.0 Å². The van der Waals surface area contributed by atoms with Gasteiger partial charge in [0.25, 0.3) is 0 Å². The van der Waals surface area contributed by atoms with E-state index in [0.717, 1.165) is 42.3 Å². The van der Waals surface area contributed by atoms with Crippen LogP contribution in [0.1, 0.15) is 63.9 Å². The standard InChI is InChI=1S/C21H27N3O2/c1-3-5-6-10-15(9-4-2)16-13-14-19(21(26)20(16)25)24-22-17-11-7-8-12-18(17)23-24/h7-8,11-15,25-26H,3-6,9-10H2,1-2H3. The summed E-state index contributed by atoms with van der Waals surface area (Å²) in [6, 6.07) is 11.2. The van der Waals surface area contributed by atoms with Gasteiger partial charge in [-0.15, -0.1) is 15.0 Å². The van der Waals surface area contributed by atoms with Gasteiger partial charge in [0, 0.05) is 5.56 Å². The van der Waals surface area contributed by atoms with Crippen LogP contribution < -0.4 is 0 Å². The lowest BCUT2D eigenvalue weighted by Crippen LogP contribution is -2.03. The van der Waals surface area contributed by atoms with Crippen LogP contribution in [0.5, 0.6) is 11.5 Å². The maximum atomic E-state index is 10.6. The number of phenols is 2. The van der Waals surface area contributed by atoms with Crippen molar-refractivity contribution in [2.45, 2.75) is 58.3 Å². The van der Waals surface area contributed by atoms with Crippen molar-refractivity contribution in [3.63, 3.8) is 0 Å². The molecule has 26 heavy (non-hydrogen) atoms. The Morgan fingerprint density at radius 3 is 2.15 bits per heavy atom. The summed E-state index contributed by atoms with van der Waals surface area (Å²) < 4.78 is 0. The second-order valence-electron chi connectivity index (χ2n) is 6.83. The highest BCUT2D eigenvalue weighted by Crippen LogP contribution is 2.41. The van der Waals surface area contributed by atoms with E-state index in [9.17, 15) is 10.2 Å². The molecule has 0 amide bonds. The third kappa shape index (κ3) is 3.66. The van der Waals surface area contributed by atoms with Crippen LogP contribution in [-0.4, -0.2) is 25.2 Å². The normalized spacial score (nSPS) is 12.5. The van der Waals surface area contributed by atoms with E-state index >= 15 is 0 Å². The zero-order chi connectivity index (χ0) is 18.5. The van der Waals surface area contributed by atoms with Gasteiger partial charge < -0.3 is 10.2 Å². The Bertz CT molecular complexity index is 840. The van der Waals surface area contributed by atoms with Gasteiger partial charge in [0.05, 0.1) is 0 Å². The van der Waals surface area contributed by atoms with Crippen molar-refractivity contribution in [2.24, 2.45) is 0 Å². The number of aromatic hydroxyl groups is 2. The number of unbranched alkanes of at least 4 members (excludes halogenated alkanes) is 2. The number of phenolic OH excluding ortho intramolecular Hbond substituents is 2. The van der Waals surface area contributed by atoms with Gasteiger partial charge in [-0.2, -0.15) is 0 Å². The Morgan fingerprint density at radius 1 is 0.846 bits per heavy atom.